The van der Waals surface area contributed by atoms with E-state index in [1.807, 2.05) is 60.7 Å². The van der Waals surface area contributed by atoms with Gasteiger partial charge < -0.3 is 10.4 Å². The maximum Gasteiger partial charge on any atom is 0.310 e. The molecule has 0 spiro atoms. The van der Waals surface area contributed by atoms with Crippen molar-refractivity contribution in [2.24, 2.45) is 5.41 Å². The number of amides is 1. The third kappa shape index (κ3) is 4.19. The van der Waals surface area contributed by atoms with Crippen molar-refractivity contribution in [2.45, 2.75) is 19.8 Å². The molecule has 2 N–H and O–H groups in total. The van der Waals surface area contributed by atoms with Gasteiger partial charge in [0.05, 0.1) is 11.3 Å². The Bertz CT molecular complexity index is 626. The molecule has 0 saturated heterocycles. The molecular weight excluding hydrogens is 290 g/mol. The summed E-state index contributed by atoms with van der Waals surface area (Å²) < 4.78 is 0. The monoisotopic (exact) mass is 311 g/mol. The van der Waals surface area contributed by atoms with Crippen LogP contribution < -0.4 is 5.32 Å². The Morgan fingerprint density at radius 3 is 1.78 bits per heavy atom. The van der Waals surface area contributed by atoms with Crippen LogP contribution in [0.3, 0.4) is 0 Å². The quantitative estimate of drug-likeness (QED) is 0.861. The number of carboxylic acid groups (broad SMARTS) is 1. The van der Waals surface area contributed by atoms with Crippen molar-refractivity contribution in [3.05, 3.63) is 71.8 Å². The molecule has 0 saturated carbocycles. The van der Waals surface area contributed by atoms with E-state index in [2.05, 4.69) is 5.32 Å². The topological polar surface area (TPSA) is 66.4 Å². The van der Waals surface area contributed by atoms with Gasteiger partial charge in [0.25, 0.3) is 0 Å². The lowest BCUT2D eigenvalue weighted by Gasteiger charge is -2.23. The smallest absolute Gasteiger partial charge is 0.310 e. The molecule has 0 atom stereocenters. The van der Waals surface area contributed by atoms with Crippen LogP contribution in [-0.4, -0.2) is 23.5 Å². The number of hydrogen-bond donors (Lipinski definition) is 2. The number of aliphatic carboxylic acids is 1. The molecule has 2 rings (SSSR count). The Kier molecular flexibility index (Phi) is 5.16. The van der Waals surface area contributed by atoms with Crippen LogP contribution in [0.25, 0.3) is 0 Å². The van der Waals surface area contributed by atoms with E-state index in [0.717, 1.165) is 11.1 Å². The molecule has 2 aromatic rings. The molecule has 4 heteroatoms. The predicted octanol–water partition coefficient (Wildman–Crippen LogP) is 3.05. The van der Waals surface area contributed by atoms with E-state index >= 15 is 0 Å². The summed E-state index contributed by atoms with van der Waals surface area (Å²) in [6.45, 7) is 3.27. The molecule has 0 heterocycles. The highest BCUT2D eigenvalue weighted by atomic mass is 16.4. The van der Waals surface area contributed by atoms with Crippen LogP contribution >= 0.6 is 0 Å². The van der Waals surface area contributed by atoms with Crippen LogP contribution in [0, 0.1) is 5.41 Å². The fourth-order valence-electron chi connectivity index (χ4n) is 2.27. The molecule has 0 unspecified atom stereocenters. The first kappa shape index (κ1) is 16.7. The number of carboxylic acids is 1. The first-order chi connectivity index (χ1) is 10.9. The third-order valence-electron chi connectivity index (χ3n) is 3.81. The molecule has 0 aromatic heterocycles. The first-order valence-corrected chi connectivity index (χ1v) is 7.53. The zero-order chi connectivity index (χ0) is 16.9. The second-order valence-electron chi connectivity index (χ2n) is 6.16. The van der Waals surface area contributed by atoms with Crippen molar-refractivity contribution in [3.63, 3.8) is 0 Å². The second kappa shape index (κ2) is 7.09. The standard InChI is InChI=1S/C19H21NO3/c1-19(2,18(22)23)13-20-17(21)16(14-9-5-3-6-10-14)15-11-7-4-8-12-15/h3-12,16H,13H2,1-2H3,(H,20,21)(H,22,23). The molecule has 23 heavy (non-hydrogen) atoms. The molecular formula is C19H21NO3. The van der Waals surface area contributed by atoms with E-state index in [4.69, 9.17) is 0 Å². The highest BCUT2D eigenvalue weighted by molar-refractivity contribution is 5.87. The van der Waals surface area contributed by atoms with Crippen LogP contribution in [0.2, 0.25) is 0 Å². The molecule has 120 valence electrons. The lowest BCUT2D eigenvalue weighted by atomic mass is 9.89. The average Bonchev–Trinajstić information content (AvgIpc) is 2.55. The maximum atomic E-state index is 12.7. The van der Waals surface area contributed by atoms with E-state index in [1.165, 1.54) is 0 Å². The molecule has 2 aromatic carbocycles. The summed E-state index contributed by atoms with van der Waals surface area (Å²) in [5.41, 5.74) is 0.752. The number of hydrogen-bond acceptors (Lipinski definition) is 2. The normalized spacial score (nSPS) is 11.3. The Balaban J connectivity index is 2.25. The van der Waals surface area contributed by atoms with Crippen molar-refractivity contribution in [1.82, 2.24) is 5.32 Å². The lowest BCUT2D eigenvalue weighted by Crippen LogP contribution is -2.41. The van der Waals surface area contributed by atoms with Gasteiger partial charge in [0.2, 0.25) is 5.91 Å². The van der Waals surface area contributed by atoms with Crippen LogP contribution in [0.15, 0.2) is 60.7 Å². The van der Waals surface area contributed by atoms with E-state index in [0.29, 0.717) is 0 Å². The number of carbonyl (C=O) groups is 2. The van der Waals surface area contributed by atoms with Crippen LogP contribution in [-0.2, 0) is 9.59 Å². The van der Waals surface area contributed by atoms with Crippen LogP contribution in [0.4, 0.5) is 0 Å². The van der Waals surface area contributed by atoms with Crippen molar-refractivity contribution in [3.8, 4) is 0 Å². The second-order valence-corrected chi connectivity index (χ2v) is 6.16. The Morgan fingerprint density at radius 2 is 1.39 bits per heavy atom. The molecule has 0 aliphatic rings. The number of nitrogens with one attached hydrogen (secondary N) is 1. The minimum Gasteiger partial charge on any atom is -0.481 e. The molecule has 0 aliphatic carbocycles. The number of rotatable bonds is 6. The minimum absolute atomic E-state index is 0.0807. The summed E-state index contributed by atoms with van der Waals surface area (Å²) in [6.07, 6.45) is 0. The fraction of sp³-hybridized carbons (Fsp3) is 0.263. The Morgan fingerprint density at radius 1 is 0.957 bits per heavy atom. The summed E-state index contributed by atoms with van der Waals surface area (Å²) in [5, 5.41) is 12.0. The largest absolute Gasteiger partial charge is 0.481 e. The van der Waals surface area contributed by atoms with Gasteiger partial charge in [0.15, 0.2) is 0 Å². The van der Waals surface area contributed by atoms with Gasteiger partial charge in [-0.2, -0.15) is 0 Å². The summed E-state index contributed by atoms with van der Waals surface area (Å²) in [5.74, 6) is -1.59. The third-order valence-corrected chi connectivity index (χ3v) is 3.81. The van der Waals surface area contributed by atoms with Crippen LogP contribution in [0.1, 0.15) is 30.9 Å². The average molecular weight is 311 g/mol. The zero-order valence-electron chi connectivity index (χ0n) is 13.3. The summed E-state index contributed by atoms with van der Waals surface area (Å²) in [6, 6.07) is 19.0. The minimum atomic E-state index is -1.01. The van der Waals surface area contributed by atoms with Gasteiger partial charge in [0.1, 0.15) is 0 Å². The number of carbonyl (C=O) groups excluding carboxylic acids is 1. The molecule has 0 fully saturated rings. The van der Waals surface area contributed by atoms with Gasteiger partial charge in [0, 0.05) is 6.54 Å². The zero-order valence-corrected chi connectivity index (χ0v) is 13.3. The van der Waals surface area contributed by atoms with E-state index in [-0.39, 0.29) is 12.5 Å². The van der Waals surface area contributed by atoms with Crippen molar-refractivity contribution in [1.29, 1.82) is 0 Å². The van der Waals surface area contributed by atoms with Crippen molar-refractivity contribution < 1.29 is 14.7 Å². The van der Waals surface area contributed by atoms with Gasteiger partial charge in [-0.05, 0) is 25.0 Å². The molecule has 4 nitrogen and oxygen atoms in total. The van der Waals surface area contributed by atoms with E-state index in [9.17, 15) is 14.7 Å². The van der Waals surface area contributed by atoms with Gasteiger partial charge in [-0.1, -0.05) is 60.7 Å². The van der Waals surface area contributed by atoms with Gasteiger partial charge in [-0.3, -0.25) is 9.59 Å². The fourth-order valence-corrected chi connectivity index (χ4v) is 2.27. The molecule has 1 amide bonds. The van der Waals surface area contributed by atoms with E-state index < -0.39 is 17.3 Å². The van der Waals surface area contributed by atoms with E-state index in [1.54, 1.807) is 13.8 Å². The van der Waals surface area contributed by atoms with Crippen molar-refractivity contribution in [2.75, 3.05) is 6.54 Å². The first-order valence-electron chi connectivity index (χ1n) is 7.53. The Hall–Kier alpha value is -2.62. The van der Waals surface area contributed by atoms with Gasteiger partial charge in [-0.15, -0.1) is 0 Å². The summed E-state index contributed by atoms with van der Waals surface area (Å²) in [4.78, 5) is 23.9. The number of benzene rings is 2. The summed E-state index contributed by atoms with van der Waals surface area (Å²) >= 11 is 0. The van der Waals surface area contributed by atoms with Gasteiger partial charge in [-0.25, -0.2) is 0 Å². The molecule has 0 aliphatic heterocycles. The Labute approximate surface area is 136 Å². The highest BCUT2D eigenvalue weighted by Crippen LogP contribution is 2.25. The highest BCUT2D eigenvalue weighted by Gasteiger charge is 2.30. The summed E-state index contributed by atoms with van der Waals surface area (Å²) in [7, 11) is 0. The molecule has 0 radical (unpaired) electrons. The van der Waals surface area contributed by atoms with Crippen molar-refractivity contribution >= 4 is 11.9 Å². The van der Waals surface area contributed by atoms with Gasteiger partial charge >= 0.3 is 5.97 Å². The predicted molar refractivity (Wildman–Crippen MR) is 89.2 cm³/mol. The maximum absolute atomic E-state index is 12.7. The molecule has 0 bridgehead atoms. The lowest BCUT2D eigenvalue weighted by molar-refractivity contribution is -0.146. The van der Waals surface area contributed by atoms with Crippen LogP contribution in [0.5, 0.6) is 0 Å². The SMILES string of the molecule is CC(C)(CNC(=O)C(c1ccccc1)c1ccccc1)C(=O)O.